The third-order valence-corrected chi connectivity index (χ3v) is 5.64. The van der Waals surface area contributed by atoms with E-state index in [1.165, 1.54) is 4.90 Å². The van der Waals surface area contributed by atoms with E-state index in [0.29, 0.717) is 11.1 Å². The van der Waals surface area contributed by atoms with E-state index in [0.717, 1.165) is 10.5 Å². The van der Waals surface area contributed by atoms with Crippen LogP contribution in [-0.4, -0.2) is 52.6 Å². The smallest absolute Gasteiger partial charge is 0.266 e. The number of nitrogens with zero attached hydrogens (tertiary/aromatic N) is 3. The number of amides is 2. The largest absolute Gasteiger partial charge is 0.335 e. The molecule has 0 bridgehead atoms. The van der Waals surface area contributed by atoms with Crippen molar-refractivity contribution in [1.82, 2.24) is 9.80 Å². The first-order chi connectivity index (χ1) is 13.8. The molecular formula is C22H19F2N3O2. The van der Waals surface area contributed by atoms with Crippen LogP contribution in [0.4, 0.5) is 8.78 Å². The normalized spacial score (nSPS) is 25.8. The van der Waals surface area contributed by atoms with Gasteiger partial charge in [-0.05, 0) is 23.3 Å². The molecule has 0 radical (unpaired) electrons. The SMILES string of the molecule is N#Cc1ccc(CC(=O)N2C[C@]3(F)CN(Cc4ccccc4)C(=O)[C@]3(F)C2)cc1. The lowest BCUT2D eigenvalue weighted by molar-refractivity contribution is -0.140. The maximum Gasteiger partial charge on any atom is 0.266 e. The Bertz CT molecular complexity index is 989. The van der Waals surface area contributed by atoms with E-state index in [9.17, 15) is 9.59 Å². The molecule has 5 nitrogen and oxygen atoms in total. The molecule has 2 heterocycles. The van der Waals surface area contributed by atoms with E-state index in [1.807, 2.05) is 12.1 Å². The van der Waals surface area contributed by atoms with Gasteiger partial charge in [-0.3, -0.25) is 9.59 Å². The number of hydrogen-bond acceptors (Lipinski definition) is 3. The molecule has 0 N–H and O–H groups in total. The molecule has 4 rings (SSSR count). The molecule has 2 atom stereocenters. The zero-order valence-corrected chi connectivity index (χ0v) is 15.6. The minimum absolute atomic E-state index is 0.0419. The second-order valence-electron chi connectivity index (χ2n) is 7.65. The average Bonchev–Trinajstić information content (AvgIpc) is 3.09. The predicted molar refractivity (Wildman–Crippen MR) is 101 cm³/mol. The van der Waals surface area contributed by atoms with Crippen LogP contribution in [0.25, 0.3) is 0 Å². The fourth-order valence-corrected chi connectivity index (χ4v) is 4.04. The average molecular weight is 395 g/mol. The molecule has 0 unspecified atom stereocenters. The lowest BCUT2D eigenvalue weighted by atomic mass is 9.93. The molecule has 148 valence electrons. The van der Waals surface area contributed by atoms with Gasteiger partial charge in [-0.1, -0.05) is 42.5 Å². The highest BCUT2D eigenvalue weighted by atomic mass is 19.2. The maximum absolute atomic E-state index is 15.5. The molecule has 2 aliphatic heterocycles. The van der Waals surface area contributed by atoms with Gasteiger partial charge < -0.3 is 9.80 Å². The number of rotatable bonds is 4. The fourth-order valence-electron chi connectivity index (χ4n) is 4.04. The lowest BCUT2D eigenvalue weighted by Gasteiger charge is -2.22. The van der Waals surface area contributed by atoms with E-state index < -0.39 is 36.2 Å². The number of benzene rings is 2. The Morgan fingerprint density at radius 2 is 1.69 bits per heavy atom. The minimum atomic E-state index is -2.72. The summed E-state index contributed by atoms with van der Waals surface area (Å²) >= 11 is 0. The van der Waals surface area contributed by atoms with Gasteiger partial charge >= 0.3 is 0 Å². The zero-order chi connectivity index (χ0) is 20.6. The lowest BCUT2D eigenvalue weighted by Crippen LogP contribution is -2.47. The Labute approximate surface area is 167 Å². The summed E-state index contributed by atoms with van der Waals surface area (Å²) in [5.41, 5.74) is -3.24. The number of carbonyl (C=O) groups is 2. The Kier molecular flexibility index (Phi) is 4.58. The summed E-state index contributed by atoms with van der Waals surface area (Å²) < 4.78 is 30.9. The van der Waals surface area contributed by atoms with Gasteiger partial charge in [0, 0.05) is 6.54 Å². The Morgan fingerprint density at radius 3 is 2.31 bits per heavy atom. The van der Waals surface area contributed by atoms with Crippen LogP contribution < -0.4 is 0 Å². The number of halogens is 2. The van der Waals surface area contributed by atoms with Crippen LogP contribution in [0.5, 0.6) is 0 Å². The van der Waals surface area contributed by atoms with Crippen molar-refractivity contribution >= 4 is 11.8 Å². The van der Waals surface area contributed by atoms with Crippen molar-refractivity contribution in [3.05, 3.63) is 71.3 Å². The second kappa shape index (κ2) is 6.96. The first-order valence-electron chi connectivity index (χ1n) is 9.33. The molecule has 29 heavy (non-hydrogen) atoms. The van der Waals surface area contributed by atoms with Crippen LogP contribution in [-0.2, 0) is 22.6 Å². The van der Waals surface area contributed by atoms with Crippen LogP contribution in [0.1, 0.15) is 16.7 Å². The monoisotopic (exact) mass is 395 g/mol. The van der Waals surface area contributed by atoms with Crippen LogP contribution in [0.2, 0.25) is 0 Å². The van der Waals surface area contributed by atoms with Crippen molar-refractivity contribution in [2.75, 3.05) is 19.6 Å². The molecule has 0 aliphatic carbocycles. The third kappa shape index (κ3) is 3.25. The highest BCUT2D eigenvalue weighted by Crippen LogP contribution is 2.46. The zero-order valence-electron chi connectivity index (χ0n) is 15.6. The molecule has 2 aromatic carbocycles. The summed E-state index contributed by atoms with van der Waals surface area (Å²) in [6.45, 7) is -1.27. The third-order valence-electron chi connectivity index (χ3n) is 5.64. The van der Waals surface area contributed by atoms with Crippen molar-refractivity contribution < 1.29 is 18.4 Å². The fraction of sp³-hybridized carbons (Fsp3) is 0.318. The summed E-state index contributed by atoms with van der Waals surface area (Å²) in [6, 6.07) is 17.5. The standard InChI is InChI=1S/C22H19F2N3O2/c23-21-13-26(12-18-4-2-1-3-5-18)20(29)22(21,24)15-27(14-21)19(28)10-16-6-8-17(11-25)9-7-16/h1-9H,10,12-15H2/t21-,22-/m1/s1. The van der Waals surface area contributed by atoms with E-state index in [2.05, 4.69) is 0 Å². The maximum atomic E-state index is 15.5. The molecule has 0 aromatic heterocycles. The van der Waals surface area contributed by atoms with Gasteiger partial charge in [0.1, 0.15) is 0 Å². The molecule has 0 spiro atoms. The Morgan fingerprint density at radius 1 is 1.00 bits per heavy atom. The van der Waals surface area contributed by atoms with Gasteiger partial charge in [-0.2, -0.15) is 5.26 Å². The van der Waals surface area contributed by atoms with Crippen LogP contribution in [0.3, 0.4) is 0 Å². The summed E-state index contributed by atoms with van der Waals surface area (Å²) in [6.07, 6.45) is -0.0419. The predicted octanol–water partition coefficient (Wildman–Crippen LogP) is 2.40. The number of nitriles is 1. The van der Waals surface area contributed by atoms with E-state index in [-0.39, 0.29) is 19.5 Å². The topological polar surface area (TPSA) is 64.4 Å². The molecule has 0 saturated carbocycles. The van der Waals surface area contributed by atoms with Gasteiger partial charge in [0.2, 0.25) is 11.6 Å². The number of likely N-dealkylation sites (tertiary alicyclic amines) is 2. The molecule has 2 saturated heterocycles. The van der Waals surface area contributed by atoms with Crippen molar-refractivity contribution in [3.63, 3.8) is 0 Å². The van der Waals surface area contributed by atoms with E-state index in [4.69, 9.17) is 5.26 Å². The summed E-state index contributed by atoms with van der Waals surface area (Å²) in [7, 11) is 0. The Hall–Kier alpha value is -3.27. The number of hydrogen-bond donors (Lipinski definition) is 0. The van der Waals surface area contributed by atoms with Gasteiger partial charge in [0.15, 0.2) is 5.67 Å². The molecule has 2 aliphatic rings. The first kappa shape index (κ1) is 19.1. The van der Waals surface area contributed by atoms with E-state index >= 15 is 8.78 Å². The quantitative estimate of drug-likeness (QED) is 0.799. The van der Waals surface area contributed by atoms with Crippen LogP contribution in [0, 0.1) is 11.3 Å². The van der Waals surface area contributed by atoms with Crippen molar-refractivity contribution in [3.8, 4) is 6.07 Å². The summed E-state index contributed by atoms with van der Waals surface area (Å²) in [4.78, 5) is 27.5. The minimum Gasteiger partial charge on any atom is -0.335 e. The number of alkyl halides is 2. The highest BCUT2D eigenvalue weighted by Gasteiger charge is 2.71. The highest BCUT2D eigenvalue weighted by molar-refractivity contribution is 5.92. The summed E-state index contributed by atoms with van der Waals surface area (Å²) in [5.74, 6) is -1.35. The van der Waals surface area contributed by atoms with Crippen LogP contribution >= 0.6 is 0 Å². The van der Waals surface area contributed by atoms with Gasteiger partial charge in [-0.25, -0.2) is 8.78 Å². The van der Waals surface area contributed by atoms with Crippen LogP contribution in [0.15, 0.2) is 54.6 Å². The van der Waals surface area contributed by atoms with E-state index in [1.54, 1.807) is 48.5 Å². The van der Waals surface area contributed by atoms with Crippen molar-refractivity contribution in [2.24, 2.45) is 0 Å². The number of carbonyl (C=O) groups excluding carboxylic acids is 2. The summed E-state index contributed by atoms with van der Waals surface area (Å²) in [5, 5.41) is 8.83. The van der Waals surface area contributed by atoms with Crippen molar-refractivity contribution in [2.45, 2.75) is 24.3 Å². The number of fused-ring (bicyclic) bond motifs is 1. The van der Waals surface area contributed by atoms with Gasteiger partial charge in [0.05, 0.1) is 37.7 Å². The molecule has 2 fully saturated rings. The molecular weight excluding hydrogens is 376 g/mol. The molecule has 7 heteroatoms. The van der Waals surface area contributed by atoms with Crippen molar-refractivity contribution in [1.29, 1.82) is 5.26 Å². The Balaban J connectivity index is 1.45. The van der Waals surface area contributed by atoms with Gasteiger partial charge in [-0.15, -0.1) is 0 Å². The van der Waals surface area contributed by atoms with Gasteiger partial charge in [0.25, 0.3) is 5.91 Å². The second-order valence-corrected chi connectivity index (χ2v) is 7.65. The molecule has 2 aromatic rings. The molecule has 2 amide bonds. The first-order valence-corrected chi connectivity index (χ1v) is 9.33.